The molecule has 0 unspecified atom stereocenters. The number of carboxylic acids is 1. The first-order chi connectivity index (χ1) is 8.70. The van der Waals surface area contributed by atoms with E-state index < -0.39 is 5.97 Å². The number of methoxy groups -OCH3 is 1. The maximum Gasteiger partial charge on any atom is 0.339 e. The Morgan fingerprint density at radius 1 is 1.39 bits per heavy atom. The molecule has 94 valence electrons. The summed E-state index contributed by atoms with van der Waals surface area (Å²) in [6.45, 7) is 0.344. The molecule has 0 aliphatic heterocycles. The second kappa shape index (κ2) is 5.55. The molecule has 1 heterocycles. The van der Waals surface area contributed by atoms with E-state index in [4.69, 9.17) is 14.6 Å². The molecule has 0 amide bonds. The van der Waals surface area contributed by atoms with Gasteiger partial charge in [0.25, 0.3) is 0 Å². The summed E-state index contributed by atoms with van der Waals surface area (Å²) >= 11 is 1.57. The molecule has 0 radical (unpaired) electrons. The Hall–Kier alpha value is -2.01. The lowest BCUT2D eigenvalue weighted by Crippen LogP contribution is -2.03. The number of carboxylic acid groups (broad SMARTS) is 1. The highest BCUT2D eigenvalue weighted by molar-refractivity contribution is 7.07. The Morgan fingerprint density at radius 3 is 2.83 bits per heavy atom. The number of ether oxygens (including phenoxy) is 2. The second-order valence-electron chi connectivity index (χ2n) is 3.59. The molecule has 1 aromatic heterocycles. The lowest BCUT2D eigenvalue weighted by molar-refractivity contribution is 0.0691. The van der Waals surface area contributed by atoms with Crippen molar-refractivity contribution in [2.45, 2.75) is 6.61 Å². The summed E-state index contributed by atoms with van der Waals surface area (Å²) in [5.74, 6) is -0.133. The van der Waals surface area contributed by atoms with Crippen molar-refractivity contribution in [3.8, 4) is 11.5 Å². The van der Waals surface area contributed by atoms with Crippen LogP contribution >= 0.6 is 11.3 Å². The van der Waals surface area contributed by atoms with Crippen LogP contribution in [0.1, 0.15) is 15.9 Å². The van der Waals surface area contributed by atoms with Gasteiger partial charge in [0.15, 0.2) is 0 Å². The van der Waals surface area contributed by atoms with E-state index in [1.54, 1.807) is 23.5 Å². The number of carbonyl (C=O) groups is 1. The van der Waals surface area contributed by atoms with Crippen molar-refractivity contribution in [2.24, 2.45) is 0 Å². The van der Waals surface area contributed by atoms with E-state index in [-0.39, 0.29) is 5.56 Å². The fourth-order valence-electron chi connectivity index (χ4n) is 1.46. The van der Waals surface area contributed by atoms with E-state index in [9.17, 15) is 4.79 Å². The number of aromatic carboxylic acids is 1. The van der Waals surface area contributed by atoms with Crippen LogP contribution in [0.5, 0.6) is 11.5 Å². The normalized spacial score (nSPS) is 10.1. The lowest BCUT2D eigenvalue weighted by Gasteiger charge is -2.10. The highest BCUT2D eigenvalue weighted by Crippen LogP contribution is 2.26. The fraction of sp³-hybridized carbons (Fsp3) is 0.154. The summed E-state index contributed by atoms with van der Waals surface area (Å²) in [4.78, 5) is 11.1. The van der Waals surface area contributed by atoms with Crippen molar-refractivity contribution in [3.05, 3.63) is 46.2 Å². The Bertz CT molecular complexity index is 534. The maximum absolute atomic E-state index is 11.1. The minimum Gasteiger partial charge on any atom is -0.497 e. The molecular formula is C13H12O4S. The standard InChI is InChI=1S/C13H12O4S/c1-16-10-2-3-11(13(14)15)12(6-10)17-7-9-4-5-18-8-9/h2-6,8H,7H2,1H3,(H,14,15). The molecule has 1 N–H and O–H groups in total. The van der Waals surface area contributed by atoms with Crippen molar-refractivity contribution in [2.75, 3.05) is 7.11 Å². The zero-order valence-electron chi connectivity index (χ0n) is 9.75. The fourth-order valence-corrected chi connectivity index (χ4v) is 2.11. The molecule has 4 nitrogen and oxygen atoms in total. The van der Waals surface area contributed by atoms with E-state index >= 15 is 0 Å². The Labute approximate surface area is 108 Å². The molecule has 0 aliphatic carbocycles. The number of rotatable bonds is 5. The first kappa shape index (κ1) is 12.4. The number of hydrogen-bond donors (Lipinski definition) is 1. The summed E-state index contributed by atoms with van der Waals surface area (Å²) in [5.41, 5.74) is 1.14. The first-order valence-corrected chi connectivity index (χ1v) is 6.20. The van der Waals surface area contributed by atoms with Crippen molar-refractivity contribution in [1.29, 1.82) is 0 Å². The molecule has 0 fully saturated rings. The molecule has 5 heteroatoms. The van der Waals surface area contributed by atoms with Gasteiger partial charge in [0, 0.05) is 6.07 Å². The third-order valence-electron chi connectivity index (χ3n) is 2.39. The highest BCUT2D eigenvalue weighted by Gasteiger charge is 2.12. The van der Waals surface area contributed by atoms with Crippen LogP contribution in [-0.4, -0.2) is 18.2 Å². The van der Waals surface area contributed by atoms with Gasteiger partial charge in [-0.1, -0.05) is 0 Å². The topological polar surface area (TPSA) is 55.8 Å². The SMILES string of the molecule is COc1ccc(C(=O)O)c(OCc2ccsc2)c1. The number of hydrogen-bond acceptors (Lipinski definition) is 4. The maximum atomic E-state index is 11.1. The Balaban J connectivity index is 2.20. The van der Waals surface area contributed by atoms with Crippen LogP contribution in [0.25, 0.3) is 0 Å². The molecular weight excluding hydrogens is 252 g/mol. The first-order valence-electron chi connectivity index (χ1n) is 5.26. The van der Waals surface area contributed by atoms with E-state index in [2.05, 4.69) is 0 Å². The molecule has 0 atom stereocenters. The molecule has 0 saturated heterocycles. The average molecular weight is 264 g/mol. The van der Waals surface area contributed by atoms with Crippen LogP contribution in [0, 0.1) is 0 Å². The van der Waals surface area contributed by atoms with Gasteiger partial charge in [0.05, 0.1) is 7.11 Å². The number of thiophene rings is 1. The van der Waals surface area contributed by atoms with Gasteiger partial charge < -0.3 is 14.6 Å². The minimum absolute atomic E-state index is 0.131. The van der Waals surface area contributed by atoms with Gasteiger partial charge in [0.1, 0.15) is 23.7 Å². The predicted molar refractivity (Wildman–Crippen MR) is 68.6 cm³/mol. The van der Waals surface area contributed by atoms with Crippen LogP contribution < -0.4 is 9.47 Å². The van der Waals surface area contributed by atoms with E-state index in [0.29, 0.717) is 18.1 Å². The molecule has 2 aromatic rings. The molecule has 0 saturated carbocycles. The summed E-state index contributed by atoms with van der Waals surface area (Å²) in [7, 11) is 1.53. The highest BCUT2D eigenvalue weighted by atomic mass is 32.1. The zero-order chi connectivity index (χ0) is 13.0. The van der Waals surface area contributed by atoms with Crippen LogP contribution in [0.3, 0.4) is 0 Å². The molecule has 0 spiro atoms. The van der Waals surface area contributed by atoms with Gasteiger partial charge in [-0.3, -0.25) is 0 Å². The van der Waals surface area contributed by atoms with Crippen molar-refractivity contribution < 1.29 is 19.4 Å². The van der Waals surface area contributed by atoms with E-state index in [1.807, 2.05) is 16.8 Å². The van der Waals surface area contributed by atoms with Gasteiger partial charge >= 0.3 is 5.97 Å². The Morgan fingerprint density at radius 2 is 2.22 bits per heavy atom. The second-order valence-corrected chi connectivity index (χ2v) is 4.37. The lowest BCUT2D eigenvalue weighted by atomic mass is 10.2. The molecule has 2 rings (SSSR count). The largest absolute Gasteiger partial charge is 0.497 e. The van der Waals surface area contributed by atoms with E-state index in [1.165, 1.54) is 13.2 Å². The monoisotopic (exact) mass is 264 g/mol. The quantitative estimate of drug-likeness (QED) is 0.901. The van der Waals surface area contributed by atoms with Gasteiger partial charge in [-0.15, -0.1) is 0 Å². The molecule has 0 aliphatic rings. The summed E-state index contributed by atoms with van der Waals surface area (Å²) in [5, 5.41) is 13.0. The van der Waals surface area contributed by atoms with Crippen molar-refractivity contribution >= 4 is 17.3 Å². The molecule has 0 bridgehead atoms. The molecule has 1 aromatic carbocycles. The smallest absolute Gasteiger partial charge is 0.339 e. The third-order valence-corrected chi connectivity index (χ3v) is 3.13. The predicted octanol–water partition coefficient (Wildman–Crippen LogP) is 3.03. The van der Waals surface area contributed by atoms with Gasteiger partial charge in [-0.05, 0) is 34.5 Å². The van der Waals surface area contributed by atoms with E-state index in [0.717, 1.165) is 5.56 Å². The van der Waals surface area contributed by atoms with Gasteiger partial charge in [0.2, 0.25) is 0 Å². The minimum atomic E-state index is -1.02. The van der Waals surface area contributed by atoms with Gasteiger partial charge in [-0.25, -0.2) is 4.79 Å². The van der Waals surface area contributed by atoms with Crippen LogP contribution in [0.2, 0.25) is 0 Å². The Kier molecular flexibility index (Phi) is 3.84. The zero-order valence-corrected chi connectivity index (χ0v) is 10.6. The average Bonchev–Trinajstić information content (AvgIpc) is 2.88. The summed E-state index contributed by atoms with van der Waals surface area (Å²) in [6.07, 6.45) is 0. The van der Waals surface area contributed by atoms with Crippen LogP contribution in [0.15, 0.2) is 35.0 Å². The van der Waals surface area contributed by atoms with Crippen LogP contribution in [-0.2, 0) is 6.61 Å². The third kappa shape index (κ3) is 2.81. The van der Waals surface area contributed by atoms with Crippen LogP contribution in [0.4, 0.5) is 0 Å². The van der Waals surface area contributed by atoms with Crippen molar-refractivity contribution in [3.63, 3.8) is 0 Å². The van der Waals surface area contributed by atoms with Gasteiger partial charge in [-0.2, -0.15) is 11.3 Å². The summed E-state index contributed by atoms with van der Waals surface area (Å²) in [6, 6.07) is 6.59. The van der Waals surface area contributed by atoms with Crippen molar-refractivity contribution in [1.82, 2.24) is 0 Å². The number of benzene rings is 1. The molecule has 18 heavy (non-hydrogen) atoms. The summed E-state index contributed by atoms with van der Waals surface area (Å²) < 4.78 is 10.6.